The summed E-state index contributed by atoms with van der Waals surface area (Å²) < 4.78 is 0. The molecule has 11 heavy (non-hydrogen) atoms. The smallest absolute Gasteiger partial charge is 0.0596 e. The maximum atomic E-state index is 9.78. The molecule has 2 rings (SSSR count). The minimum Gasteiger partial charge on any atom is -0.393 e. The van der Waals surface area contributed by atoms with Crippen molar-refractivity contribution in [1.82, 2.24) is 0 Å². The van der Waals surface area contributed by atoms with E-state index in [0.717, 1.165) is 12.3 Å². The second-order valence-corrected chi connectivity index (χ2v) is 4.54. The zero-order valence-corrected chi connectivity index (χ0v) is 7.34. The lowest BCUT2D eigenvalue weighted by atomic mass is 9.69. The summed E-state index contributed by atoms with van der Waals surface area (Å²) in [6.07, 6.45) is 7.70. The van der Waals surface area contributed by atoms with E-state index in [1.165, 1.54) is 32.1 Å². The minimum atomic E-state index is 0.00722. The molecule has 1 heteroatoms. The van der Waals surface area contributed by atoms with Crippen molar-refractivity contribution in [1.29, 1.82) is 0 Å². The Balaban J connectivity index is 2.16. The van der Waals surface area contributed by atoms with E-state index in [9.17, 15) is 5.11 Å². The SMILES string of the molecule is C[C@@]12CCCC[C@@H]1CC[C@@H]2O. The maximum absolute atomic E-state index is 9.78. The maximum Gasteiger partial charge on any atom is 0.0596 e. The molecular formula is C10H18O. The van der Waals surface area contributed by atoms with Gasteiger partial charge in [0.05, 0.1) is 6.10 Å². The summed E-state index contributed by atoms with van der Waals surface area (Å²) in [5.74, 6) is 0.839. The molecule has 1 N–H and O–H groups in total. The van der Waals surface area contributed by atoms with Crippen LogP contribution in [0.1, 0.15) is 45.4 Å². The van der Waals surface area contributed by atoms with Gasteiger partial charge in [-0.1, -0.05) is 19.8 Å². The second kappa shape index (κ2) is 2.48. The van der Waals surface area contributed by atoms with E-state index in [0.29, 0.717) is 5.41 Å². The molecule has 0 spiro atoms. The first-order valence-corrected chi connectivity index (χ1v) is 4.91. The summed E-state index contributed by atoms with van der Waals surface area (Å²) >= 11 is 0. The summed E-state index contributed by atoms with van der Waals surface area (Å²) in [4.78, 5) is 0. The van der Waals surface area contributed by atoms with Crippen LogP contribution in [0.2, 0.25) is 0 Å². The summed E-state index contributed by atoms with van der Waals surface area (Å²) in [7, 11) is 0. The second-order valence-electron chi connectivity index (χ2n) is 4.54. The Labute approximate surface area is 68.8 Å². The van der Waals surface area contributed by atoms with Crippen LogP contribution >= 0.6 is 0 Å². The van der Waals surface area contributed by atoms with Crippen LogP contribution in [0.25, 0.3) is 0 Å². The Hall–Kier alpha value is -0.0400. The van der Waals surface area contributed by atoms with Crippen molar-refractivity contribution in [3.05, 3.63) is 0 Å². The lowest BCUT2D eigenvalue weighted by Crippen LogP contribution is -2.34. The van der Waals surface area contributed by atoms with Crippen molar-refractivity contribution in [3.8, 4) is 0 Å². The first-order chi connectivity index (χ1) is 5.23. The molecule has 0 aliphatic heterocycles. The summed E-state index contributed by atoms with van der Waals surface area (Å²) in [6.45, 7) is 2.29. The molecule has 0 aromatic carbocycles. The van der Waals surface area contributed by atoms with E-state index in [2.05, 4.69) is 6.92 Å². The molecule has 2 aliphatic carbocycles. The zero-order chi connectivity index (χ0) is 7.90. The zero-order valence-electron chi connectivity index (χ0n) is 7.34. The van der Waals surface area contributed by atoms with Gasteiger partial charge < -0.3 is 5.11 Å². The molecule has 2 fully saturated rings. The predicted molar refractivity (Wildman–Crippen MR) is 45.3 cm³/mol. The molecule has 0 unspecified atom stereocenters. The van der Waals surface area contributed by atoms with Gasteiger partial charge in [0.25, 0.3) is 0 Å². The van der Waals surface area contributed by atoms with Gasteiger partial charge >= 0.3 is 0 Å². The van der Waals surface area contributed by atoms with Gasteiger partial charge in [-0.15, -0.1) is 0 Å². The normalized spacial score (nSPS) is 50.7. The van der Waals surface area contributed by atoms with Crippen LogP contribution in [-0.4, -0.2) is 11.2 Å². The average Bonchev–Trinajstić information content (AvgIpc) is 2.29. The molecular weight excluding hydrogens is 136 g/mol. The van der Waals surface area contributed by atoms with Crippen LogP contribution in [0.3, 0.4) is 0 Å². The van der Waals surface area contributed by atoms with Gasteiger partial charge in [0.2, 0.25) is 0 Å². The molecule has 0 bridgehead atoms. The van der Waals surface area contributed by atoms with Crippen molar-refractivity contribution in [2.24, 2.45) is 11.3 Å². The first-order valence-electron chi connectivity index (χ1n) is 4.91. The van der Waals surface area contributed by atoms with Crippen LogP contribution in [0, 0.1) is 11.3 Å². The van der Waals surface area contributed by atoms with E-state index in [1.807, 2.05) is 0 Å². The molecule has 0 aromatic heterocycles. The van der Waals surface area contributed by atoms with Crippen molar-refractivity contribution >= 4 is 0 Å². The van der Waals surface area contributed by atoms with E-state index in [1.54, 1.807) is 0 Å². The molecule has 0 heterocycles. The quantitative estimate of drug-likeness (QED) is 0.568. The molecule has 0 amide bonds. The highest BCUT2D eigenvalue weighted by Gasteiger charge is 2.46. The number of hydrogen-bond acceptors (Lipinski definition) is 1. The van der Waals surface area contributed by atoms with Crippen molar-refractivity contribution in [2.45, 2.75) is 51.6 Å². The van der Waals surface area contributed by atoms with Crippen LogP contribution in [0.15, 0.2) is 0 Å². The van der Waals surface area contributed by atoms with Gasteiger partial charge in [-0.25, -0.2) is 0 Å². The van der Waals surface area contributed by atoms with E-state index < -0.39 is 0 Å². The Kier molecular flexibility index (Phi) is 1.71. The van der Waals surface area contributed by atoms with Gasteiger partial charge in [-0.3, -0.25) is 0 Å². The molecule has 2 saturated carbocycles. The standard InChI is InChI=1S/C10H18O/c1-10-7-3-2-4-8(10)5-6-9(10)11/h8-9,11H,2-7H2,1H3/t8-,9+,10-/m1/s1. The Morgan fingerprint density at radius 3 is 2.73 bits per heavy atom. The van der Waals surface area contributed by atoms with Gasteiger partial charge in [0.15, 0.2) is 0 Å². The van der Waals surface area contributed by atoms with Crippen LogP contribution in [-0.2, 0) is 0 Å². The van der Waals surface area contributed by atoms with Crippen LogP contribution < -0.4 is 0 Å². The third-order valence-corrected chi connectivity index (χ3v) is 4.00. The third-order valence-electron chi connectivity index (χ3n) is 4.00. The fraction of sp³-hybridized carbons (Fsp3) is 1.00. The predicted octanol–water partition coefficient (Wildman–Crippen LogP) is 2.34. The molecule has 0 aromatic rings. The molecule has 0 radical (unpaired) electrons. The Morgan fingerprint density at radius 1 is 1.18 bits per heavy atom. The lowest BCUT2D eigenvalue weighted by molar-refractivity contribution is 0.0138. The van der Waals surface area contributed by atoms with Crippen molar-refractivity contribution < 1.29 is 5.11 Å². The molecule has 2 aliphatic rings. The minimum absolute atomic E-state index is 0.00722. The highest BCUT2D eigenvalue weighted by atomic mass is 16.3. The number of hydrogen-bond donors (Lipinski definition) is 1. The largest absolute Gasteiger partial charge is 0.393 e. The third kappa shape index (κ3) is 1.01. The van der Waals surface area contributed by atoms with E-state index >= 15 is 0 Å². The Morgan fingerprint density at radius 2 is 2.00 bits per heavy atom. The summed E-state index contributed by atoms with van der Waals surface area (Å²) in [5, 5.41) is 9.78. The molecule has 1 nitrogen and oxygen atoms in total. The fourth-order valence-electron chi connectivity index (χ4n) is 3.03. The number of aliphatic hydroxyl groups is 1. The summed E-state index contributed by atoms with van der Waals surface area (Å²) in [6, 6.07) is 0. The van der Waals surface area contributed by atoms with Crippen LogP contribution in [0.5, 0.6) is 0 Å². The average molecular weight is 154 g/mol. The summed E-state index contributed by atoms with van der Waals surface area (Å²) in [5.41, 5.74) is 0.304. The topological polar surface area (TPSA) is 20.2 Å². The fourth-order valence-corrected chi connectivity index (χ4v) is 3.03. The van der Waals surface area contributed by atoms with E-state index in [4.69, 9.17) is 0 Å². The van der Waals surface area contributed by atoms with Crippen molar-refractivity contribution in [2.75, 3.05) is 0 Å². The van der Waals surface area contributed by atoms with Crippen LogP contribution in [0.4, 0.5) is 0 Å². The lowest BCUT2D eigenvalue weighted by Gasteiger charge is -2.38. The molecule has 0 saturated heterocycles. The number of rotatable bonds is 0. The number of fused-ring (bicyclic) bond motifs is 1. The molecule has 64 valence electrons. The monoisotopic (exact) mass is 154 g/mol. The van der Waals surface area contributed by atoms with E-state index in [-0.39, 0.29) is 6.10 Å². The Bertz CT molecular complexity index is 153. The highest BCUT2D eigenvalue weighted by Crippen LogP contribution is 2.51. The highest BCUT2D eigenvalue weighted by molar-refractivity contribution is 4.96. The van der Waals surface area contributed by atoms with Gasteiger partial charge in [-0.2, -0.15) is 0 Å². The van der Waals surface area contributed by atoms with Gasteiger partial charge in [-0.05, 0) is 37.0 Å². The molecule has 3 atom stereocenters. The first kappa shape index (κ1) is 7.60. The van der Waals surface area contributed by atoms with Gasteiger partial charge in [0, 0.05) is 0 Å². The number of aliphatic hydroxyl groups excluding tert-OH is 1. The van der Waals surface area contributed by atoms with Crippen molar-refractivity contribution in [3.63, 3.8) is 0 Å². The van der Waals surface area contributed by atoms with Gasteiger partial charge in [0.1, 0.15) is 0 Å².